The molecular weight excluding hydrogens is 357 g/mol. The van der Waals surface area contributed by atoms with Crippen LogP contribution in [0.15, 0.2) is 23.2 Å². The van der Waals surface area contributed by atoms with E-state index in [1.165, 1.54) is 32.4 Å². The molecule has 3 rings (SSSR count). The van der Waals surface area contributed by atoms with Crippen LogP contribution in [-0.2, 0) is 11.3 Å². The van der Waals surface area contributed by atoms with Crippen molar-refractivity contribution >= 4 is 11.6 Å². The second-order valence-corrected chi connectivity index (χ2v) is 7.41. The van der Waals surface area contributed by atoms with Crippen molar-refractivity contribution in [1.29, 1.82) is 0 Å². The van der Waals surface area contributed by atoms with E-state index in [2.05, 4.69) is 27.4 Å². The Bertz CT molecular complexity index is 627. The smallest absolute Gasteiger partial charge is 0.191 e. The van der Waals surface area contributed by atoms with E-state index in [4.69, 9.17) is 4.74 Å². The molecular formula is C21H34FN5O. The first-order valence-electron chi connectivity index (χ1n) is 10.6. The summed E-state index contributed by atoms with van der Waals surface area (Å²) in [6.45, 7) is 10.4. The molecule has 0 amide bonds. The minimum Gasteiger partial charge on any atom is -0.378 e. The fourth-order valence-corrected chi connectivity index (χ4v) is 3.74. The number of anilines is 1. The van der Waals surface area contributed by atoms with Gasteiger partial charge in [0.1, 0.15) is 5.82 Å². The Morgan fingerprint density at radius 3 is 2.61 bits per heavy atom. The summed E-state index contributed by atoms with van der Waals surface area (Å²) < 4.78 is 19.9. The van der Waals surface area contributed by atoms with Crippen LogP contribution in [0.2, 0.25) is 0 Å². The van der Waals surface area contributed by atoms with E-state index in [0.717, 1.165) is 44.2 Å². The van der Waals surface area contributed by atoms with Crippen LogP contribution in [0.1, 0.15) is 31.7 Å². The first-order valence-corrected chi connectivity index (χ1v) is 10.6. The van der Waals surface area contributed by atoms with Crippen LogP contribution < -0.4 is 15.5 Å². The molecule has 2 aliphatic rings. The highest BCUT2D eigenvalue weighted by Crippen LogP contribution is 2.22. The van der Waals surface area contributed by atoms with Gasteiger partial charge < -0.3 is 25.2 Å². The van der Waals surface area contributed by atoms with E-state index in [1.54, 1.807) is 6.07 Å². The van der Waals surface area contributed by atoms with Crippen LogP contribution in [0.25, 0.3) is 0 Å². The highest BCUT2D eigenvalue weighted by atomic mass is 19.1. The molecule has 2 heterocycles. The van der Waals surface area contributed by atoms with Crippen molar-refractivity contribution in [3.8, 4) is 0 Å². The molecule has 0 aromatic heterocycles. The van der Waals surface area contributed by atoms with E-state index >= 15 is 0 Å². The Morgan fingerprint density at radius 1 is 1.11 bits per heavy atom. The van der Waals surface area contributed by atoms with Crippen LogP contribution in [0.3, 0.4) is 0 Å². The number of guanidine groups is 1. The van der Waals surface area contributed by atoms with Crippen LogP contribution >= 0.6 is 0 Å². The van der Waals surface area contributed by atoms with E-state index in [1.807, 2.05) is 17.0 Å². The zero-order valence-corrected chi connectivity index (χ0v) is 17.1. The molecule has 0 unspecified atom stereocenters. The number of nitrogens with zero attached hydrogens (tertiary/aromatic N) is 3. The van der Waals surface area contributed by atoms with Crippen molar-refractivity contribution in [2.24, 2.45) is 4.99 Å². The third-order valence-corrected chi connectivity index (χ3v) is 5.30. The number of ether oxygens (including phenoxy) is 1. The van der Waals surface area contributed by atoms with Gasteiger partial charge in [0.05, 0.1) is 25.4 Å². The number of piperidine rings is 1. The molecule has 1 aromatic carbocycles. The summed E-state index contributed by atoms with van der Waals surface area (Å²) in [6.07, 6.45) is 3.97. The Labute approximate surface area is 168 Å². The minimum absolute atomic E-state index is 0.183. The van der Waals surface area contributed by atoms with Crippen molar-refractivity contribution in [2.75, 3.05) is 63.9 Å². The van der Waals surface area contributed by atoms with Gasteiger partial charge in [0, 0.05) is 32.7 Å². The lowest BCUT2D eigenvalue weighted by Gasteiger charge is -2.29. The Morgan fingerprint density at radius 2 is 1.89 bits per heavy atom. The van der Waals surface area contributed by atoms with E-state index in [9.17, 15) is 4.39 Å². The predicted molar refractivity (Wildman–Crippen MR) is 113 cm³/mol. The molecule has 28 heavy (non-hydrogen) atoms. The minimum atomic E-state index is -0.183. The maximum absolute atomic E-state index is 14.5. The Hall–Kier alpha value is -1.86. The first kappa shape index (κ1) is 20.9. The fourth-order valence-electron chi connectivity index (χ4n) is 3.74. The van der Waals surface area contributed by atoms with Gasteiger partial charge in [0.2, 0.25) is 0 Å². The molecule has 0 atom stereocenters. The van der Waals surface area contributed by atoms with Gasteiger partial charge in [0.15, 0.2) is 5.96 Å². The summed E-state index contributed by atoms with van der Waals surface area (Å²) in [6, 6.07) is 5.43. The van der Waals surface area contributed by atoms with Crippen LogP contribution in [0.4, 0.5) is 10.1 Å². The van der Waals surface area contributed by atoms with Gasteiger partial charge >= 0.3 is 0 Å². The topological polar surface area (TPSA) is 52.1 Å². The number of hydrogen-bond donors (Lipinski definition) is 2. The Balaban J connectivity index is 1.52. The standard InChI is InChI=1S/C21H34FN5O/c1-2-23-21(24-8-11-26-9-4-3-5-10-26)25-17-18-6-7-20(19(22)16-18)27-12-14-28-15-13-27/h6-7,16H,2-5,8-15,17H2,1H3,(H2,23,24,25). The molecule has 156 valence electrons. The third kappa shape index (κ3) is 6.34. The highest BCUT2D eigenvalue weighted by Gasteiger charge is 2.15. The third-order valence-electron chi connectivity index (χ3n) is 5.30. The molecule has 0 bridgehead atoms. The fraction of sp³-hybridized carbons (Fsp3) is 0.667. The van der Waals surface area contributed by atoms with Crippen molar-refractivity contribution < 1.29 is 9.13 Å². The molecule has 0 saturated carbocycles. The summed E-state index contributed by atoms with van der Waals surface area (Å²) in [4.78, 5) is 9.16. The summed E-state index contributed by atoms with van der Waals surface area (Å²) in [7, 11) is 0. The van der Waals surface area contributed by atoms with Gasteiger partial charge in [-0.3, -0.25) is 0 Å². The lowest BCUT2D eigenvalue weighted by atomic mass is 10.1. The molecule has 7 heteroatoms. The summed E-state index contributed by atoms with van der Waals surface area (Å²) in [5.74, 6) is 0.606. The van der Waals surface area contributed by atoms with Crippen LogP contribution in [-0.4, -0.2) is 69.9 Å². The van der Waals surface area contributed by atoms with Crippen molar-refractivity contribution in [2.45, 2.75) is 32.7 Å². The molecule has 6 nitrogen and oxygen atoms in total. The number of hydrogen-bond acceptors (Lipinski definition) is 4. The number of aliphatic imine (C=N–C) groups is 1. The summed E-state index contributed by atoms with van der Waals surface area (Å²) in [5, 5.41) is 6.67. The summed E-state index contributed by atoms with van der Waals surface area (Å²) >= 11 is 0. The largest absolute Gasteiger partial charge is 0.378 e. The van der Waals surface area contributed by atoms with Gasteiger partial charge in [0.25, 0.3) is 0 Å². The molecule has 0 aliphatic carbocycles. The molecule has 2 saturated heterocycles. The van der Waals surface area contributed by atoms with Gasteiger partial charge in [-0.1, -0.05) is 12.5 Å². The Kier molecular flexibility index (Phi) is 8.36. The van der Waals surface area contributed by atoms with Gasteiger partial charge in [-0.05, 0) is 50.6 Å². The van der Waals surface area contributed by atoms with Gasteiger partial charge in [-0.25, -0.2) is 9.38 Å². The van der Waals surface area contributed by atoms with Gasteiger partial charge in [-0.2, -0.15) is 0 Å². The van der Waals surface area contributed by atoms with Crippen molar-refractivity contribution in [1.82, 2.24) is 15.5 Å². The van der Waals surface area contributed by atoms with E-state index < -0.39 is 0 Å². The molecule has 0 radical (unpaired) electrons. The zero-order chi connectivity index (χ0) is 19.6. The van der Waals surface area contributed by atoms with Gasteiger partial charge in [-0.15, -0.1) is 0 Å². The number of benzene rings is 1. The SMILES string of the molecule is CCNC(=NCc1ccc(N2CCOCC2)c(F)c1)NCCN1CCCCC1. The van der Waals surface area contributed by atoms with Crippen LogP contribution in [0, 0.1) is 5.82 Å². The average molecular weight is 392 g/mol. The maximum atomic E-state index is 14.5. The summed E-state index contributed by atoms with van der Waals surface area (Å²) in [5.41, 5.74) is 1.53. The molecule has 0 spiro atoms. The lowest BCUT2D eigenvalue weighted by molar-refractivity contribution is 0.122. The molecule has 2 aliphatic heterocycles. The molecule has 1 aromatic rings. The normalized spacial score (nSPS) is 18.9. The van der Waals surface area contributed by atoms with Crippen molar-refractivity contribution in [3.63, 3.8) is 0 Å². The first-order chi connectivity index (χ1) is 13.8. The van der Waals surface area contributed by atoms with E-state index in [0.29, 0.717) is 25.4 Å². The molecule has 2 fully saturated rings. The number of nitrogens with one attached hydrogen (secondary N) is 2. The monoisotopic (exact) mass is 391 g/mol. The maximum Gasteiger partial charge on any atom is 0.191 e. The molecule has 2 N–H and O–H groups in total. The number of rotatable bonds is 7. The highest BCUT2D eigenvalue weighted by molar-refractivity contribution is 5.79. The second-order valence-electron chi connectivity index (χ2n) is 7.41. The number of morpholine rings is 1. The quantitative estimate of drug-likeness (QED) is 0.551. The van der Waals surface area contributed by atoms with Crippen molar-refractivity contribution in [3.05, 3.63) is 29.6 Å². The van der Waals surface area contributed by atoms with E-state index in [-0.39, 0.29) is 5.82 Å². The number of halogens is 1. The predicted octanol–water partition coefficient (Wildman–Crippen LogP) is 2.20. The second kappa shape index (κ2) is 11.2. The number of likely N-dealkylation sites (tertiary alicyclic amines) is 1. The average Bonchev–Trinajstić information content (AvgIpc) is 2.73. The zero-order valence-electron chi connectivity index (χ0n) is 17.1. The van der Waals surface area contributed by atoms with Crippen LogP contribution in [0.5, 0.6) is 0 Å². The lowest BCUT2D eigenvalue weighted by Crippen LogP contribution is -2.42.